The van der Waals surface area contributed by atoms with Crippen LogP contribution in [-0.4, -0.2) is 19.2 Å². The second kappa shape index (κ2) is 7.21. The van der Waals surface area contributed by atoms with Crippen molar-refractivity contribution in [1.29, 1.82) is 0 Å². The zero-order valence-electron chi connectivity index (χ0n) is 13.8. The molecule has 24 heavy (non-hydrogen) atoms. The Morgan fingerprint density at radius 2 is 2.00 bits per heavy atom. The van der Waals surface area contributed by atoms with Gasteiger partial charge in [0.05, 0.1) is 6.61 Å². The molecule has 0 aromatic heterocycles. The first-order valence-electron chi connectivity index (χ1n) is 7.97. The molecule has 0 amide bonds. The predicted molar refractivity (Wildman–Crippen MR) is 92.7 cm³/mol. The molecule has 1 aliphatic heterocycles. The van der Waals surface area contributed by atoms with Crippen LogP contribution >= 0.6 is 0 Å². The van der Waals surface area contributed by atoms with Gasteiger partial charge in [-0.05, 0) is 47.9 Å². The lowest BCUT2D eigenvalue weighted by molar-refractivity contribution is 0.104. The molecule has 0 unspecified atom stereocenters. The molecule has 0 aliphatic carbocycles. The molecular weight excluding hydrogens is 304 g/mol. The number of ether oxygens (including phenoxy) is 3. The zero-order valence-corrected chi connectivity index (χ0v) is 13.8. The molecule has 1 heterocycles. The number of hydrogen-bond donors (Lipinski definition) is 0. The van der Waals surface area contributed by atoms with E-state index in [-0.39, 0.29) is 12.6 Å². The Hall–Kier alpha value is -2.75. The summed E-state index contributed by atoms with van der Waals surface area (Å²) in [6.45, 7) is 5.08. The number of fused-ring (bicyclic) bond motifs is 1. The number of rotatable bonds is 6. The fraction of sp³-hybridized carbons (Fsp3) is 0.250. The summed E-state index contributed by atoms with van der Waals surface area (Å²) in [5, 5.41) is 0. The Morgan fingerprint density at radius 3 is 2.83 bits per heavy atom. The SMILES string of the molecule is CC(C)COc1cccc(/C=C/C(=O)c2ccc3c(c2)OCO3)c1. The van der Waals surface area contributed by atoms with Gasteiger partial charge >= 0.3 is 0 Å². The van der Waals surface area contributed by atoms with Crippen LogP contribution in [0, 0.1) is 5.92 Å². The third-order valence-electron chi connectivity index (χ3n) is 3.53. The van der Waals surface area contributed by atoms with Crippen molar-refractivity contribution in [2.75, 3.05) is 13.4 Å². The molecule has 0 bridgehead atoms. The topological polar surface area (TPSA) is 44.8 Å². The molecule has 124 valence electrons. The Bertz CT molecular complexity index is 762. The first kappa shape index (κ1) is 16.1. The Balaban J connectivity index is 1.69. The van der Waals surface area contributed by atoms with Gasteiger partial charge in [-0.25, -0.2) is 0 Å². The Morgan fingerprint density at radius 1 is 1.17 bits per heavy atom. The highest BCUT2D eigenvalue weighted by molar-refractivity contribution is 6.07. The van der Waals surface area contributed by atoms with Gasteiger partial charge in [0.25, 0.3) is 0 Å². The highest BCUT2D eigenvalue weighted by Crippen LogP contribution is 2.32. The van der Waals surface area contributed by atoms with E-state index in [9.17, 15) is 4.79 Å². The summed E-state index contributed by atoms with van der Waals surface area (Å²) in [7, 11) is 0. The minimum Gasteiger partial charge on any atom is -0.493 e. The summed E-state index contributed by atoms with van der Waals surface area (Å²) in [4.78, 5) is 12.3. The maximum Gasteiger partial charge on any atom is 0.231 e. The summed E-state index contributed by atoms with van der Waals surface area (Å²) in [6.07, 6.45) is 3.34. The maximum absolute atomic E-state index is 12.3. The number of carbonyl (C=O) groups excluding carboxylic acids is 1. The summed E-state index contributed by atoms with van der Waals surface area (Å²) < 4.78 is 16.2. The average Bonchev–Trinajstić information content (AvgIpc) is 3.06. The molecule has 0 atom stereocenters. The minimum absolute atomic E-state index is 0.0817. The number of carbonyl (C=O) groups is 1. The van der Waals surface area contributed by atoms with Gasteiger partial charge in [-0.1, -0.05) is 32.1 Å². The van der Waals surface area contributed by atoms with Crippen LogP contribution in [0.4, 0.5) is 0 Å². The number of allylic oxidation sites excluding steroid dienone is 1. The Kier molecular flexibility index (Phi) is 4.85. The zero-order chi connectivity index (χ0) is 16.9. The first-order chi connectivity index (χ1) is 11.6. The van der Waals surface area contributed by atoms with Crippen molar-refractivity contribution < 1.29 is 19.0 Å². The van der Waals surface area contributed by atoms with Gasteiger partial charge in [0.2, 0.25) is 6.79 Å². The van der Waals surface area contributed by atoms with Crippen LogP contribution in [0.1, 0.15) is 29.8 Å². The smallest absolute Gasteiger partial charge is 0.231 e. The quantitative estimate of drug-likeness (QED) is 0.585. The molecule has 2 aromatic carbocycles. The van der Waals surface area contributed by atoms with Gasteiger partial charge in [-0.15, -0.1) is 0 Å². The van der Waals surface area contributed by atoms with Crippen molar-refractivity contribution in [2.24, 2.45) is 5.92 Å². The van der Waals surface area contributed by atoms with Gasteiger partial charge in [-0.2, -0.15) is 0 Å². The summed E-state index contributed by atoms with van der Waals surface area (Å²) in [6, 6.07) is 12.9. The maximum atomic E-state index is 12.3. The lowest BCUT2D eigenvalue weighted by atomic mass is 10.1. The highest BCUT2D eigenvalue weighted by Gasteiger charge is 2.15. The molecular formula is C20H20O4. The van der Waals surface area contributed by atoms with E-state index in [2.05, 4.69) is 13.8 Å². The van der Waals surface area contributed by atoms with Crippen LogP contribution in [0.25, 0.3) is 6.08 Å². The van der Waals surface area contributed by atoms with Gasteiger partial charge in [-0.3, -0.25) is 4.79 Å². The Labute approximate surface area is 141 Å². The van der Waals surface area contributed by atoms with Crippen molar-refractivity contribution in [3.8, 4) is 17.2 Å². The van der Waals surface area contributed by atoms with Crippen LogP contribution in [0.3, 0.4) is 0 Å². The third kappa shape index (κ3) is 3.96. The van der Waals surface area contributed by atoms with E-state index in [0.29, 0.717) is 29.6 Å². The molecule has 3 rings (SSSR count). The molecule has 0 radical (unpaired) electrons. The van der Waals surface area contributed by atoms with Crippen molar-refractivity contribution in [1.82, 2.24) is 0 Å². The van der Waals surface area contributed by atoms with E-state index in [1.165, 1.54) is 0 Å². The molecule has 4 nitrogen and oxygen atoms in total. The second-order valence-corrected chi connectivity index (χ2v) is 6.04. The fourth-order valence-electron chi connectivity index (χ4n) is 2.29. The van der Waals surface area contributed by atoms with Crippen molar-refractivity contribution in [3.63, 3.8) is 0 Å². The van der Waals surface area contributed by atoms with E-state index in [0.717, 1.165) is 11.3 Å². The van der Waals surface area contributed by atoms with Crippen LogP contribution in [0.15, 0.2) is 48.5 Å². The molecule has 2 aromatic rings. The first-order valence-corrected chi connectivity index (χ1v) is 7.97. The molecule has 0 N–H and O–H groups in total. The number of ketones is 1. The predicted octanol–water partition coefficient (Wildman–Crippen LogP) is 4.35. The van der Waals surface area contributed by atoms with Crippen molar-refractivity contribution >= 4 is 11.9 Å². The molecule has 0 fully saturated rings. The highest BCUT2D eigenvalue weighted by atomic mass is 16.7. The number of benzene rings is 2. The average molecular weight is 324 g/mol. The molecule has 0 saturated carbocycles. The van der Waals surface area contributed by atoms with E-state index in [1.807, 2.05) is 24.3 Å². The standard InChI is InChI=1S/C20H20O4/c1-14(2)12-22-17-5-3-4-15(10-17)6-8-18(21)16-7-9-19-20(11-16)24-13-23-19/h3-11,14H,12-13H2,1-2H3/b8-6+. The summed E-state index contributed by atoms with van der Waals surface area (Å²) >= 11 is 0. The second-order valence-electron chi connectivity index (χ2n) is 6.04. The summed E-state index contributed by atoms with van der Waals surface area (Å²) in [5.41, 5.74) is 1.49. The van der Waals surface area contributed by atoms with Crippen LogP contribution < -0.4 is 14.2 Å². The van der Waals surface area contributed by atoms with E-state index >= 15 is 0 Å². The molecule has 1 aliphatic rings. The van der Waals surface area contributed by atoms with Crippen LogP contribution in [0.5, 0.6) is 17.2 Å². The van der Waals surface area contributed by atoms with Gasteiger partial charge in [0.15, 0.2) is 17.3 Å². The van der Waals surface area contributed by atoms with Crippen LogP contribution in [-0.2, 0) is 0 Å². The van der Waals surface area contributed by atoms with Gasteiger partial charge in [0.1, 0.15) is 5.75 Å². The summed E-state index contributed by atoms with van der Waals surface area (Å²) in [5.74, 6) is 2.48. The largest absolute Gasteiger partial charge is 0.493 e. The fourth-order valence-corrected chi connectivity index (χ4v) is 2.29. The van der Waals surface area contributed by atoms with Crippen molar-refractivity contribution in [3.05, 3.63) is 59.7 Å². The molecule has 0 saturated heterocycles. The number of hydrogen-bond acceptors (Lipinski definition) is 4. The van der Waals surface area contributed by atoms with Gasteiger partial charge < -0.3 is 14.2 Å². The van der Waals surface area contributed by atoms with Gasteiger partial charge in [0, 0.05) is 5.56 Å². The van der Waals surface area contributed by atoms with E-state index in [1.54, 1.807) is 30.4 Å². The van der Waals surface area contributed by atoms with Crippen molar-refractivity contribution in [2.45, 2.75) is 13.8 Å². The minimum atomic E-state index is -0.0817. The lowest BCUT2D eigenvalue weighted by Crippen LogP contribution is -2.04. The van der Waals surface area contributed by atoms with E-state index in [4.69, 9.17) is 14.2 Å². The third-order valence-corrected chi connectivity index (χ3v) is 3.53. The monoisotopic (exact) mass is 324 g/mol. The molecule has 0 spiro atoms. The normalized spacial score (nSPS) is 12.8. The lowest BCUT2D eigenvalue weighted by Gasteiger charge is -2.08. The molecule has 4 heteroatoms. The van der Waals surface area contributed by atoms with E-state index < -0.39 is 0 Å². The van der Waals surface area contributed by atoms with Crippen LogP contribution in [0.2, 0.25) is 0 Å².